The van der Waals surface area contributed by atoms with Gasteiger partial charge in [-0.3, -0.25) is 4.79 Å². The molecule has 2 saturated heterocycles. The quantitative estimate of drug-likeness (QED) is 0.745. The van der Waals surface area contributed by atoms with Crippen LogP contribution in [0.25, 0.3) is 0 Å². The molecule has 0 aromatic rings. The third-order valence-electron chi connectivity index (χ3n) is 3.21. The van der Waals surface area contributed by atoms with Crippen molar-refractivity contribution in [3.05, 3.63) is 0 Å². The minimum atomic E-state index is -0.111. The van der Waals surface area contributed by atoms with E-state index in [0.29, 0.717) is 6.42 Å². The molecule has 3 rings (SSSR count). The van der Waals surface area contributed by atoms with Crippen LogP contribution >= 0.6 is 0 Å². The molecule has 5 heteroatoms. The van der Waals surface area contributed by atoms with Gasteiger partial charge in [-0.1, -0.05) is 5.16 Å². The lowest BCUT2D eigenvalue weighted by Gasteiger charge is -2.20. The number of likely N-dealkylation sites (tertiary alicyclic amines) is 1. The Morgan fingerprint density at radius 2 is 2.12 bits per heavy atom. The molecule has 5 nitrogen and oxygen atoms in total. The minimum Gasteiger partial charge on any atom is -0.370 e. The van der Waals surface area contributed by atoms with Crippen molar-refractivity contribution in [2.45, 2.75) is 45.3 Å². The third kappa shape index (κ3) is 3.43. The number of oxime groups is 1. The lowest BCUT2D eigenvalue weighted by atomic mass is 10.2. The number of amides is 1. The van der Waals surface area contributed by atoms with Crippen LogP contribution in [0.5, 0.6) is 0 Å². The molecule has 0 radical (unpaired) electrons. The van der Waals surface area contributed by atoms with Crippen LogP contribution in [0.3, 0.4) is 0 Å². The normalized spacial score (nSPS) is 27.6. The molecule has 1 atom stereocenters. The average molecular weight is 239 g/mol. The van der Waals surface area contributed by atoms with E-state index in [1.165, 1.54) is 25.9 Å². The first-order valence-corrected chi connectivity index (χ1v) is 6.47. The highest BCUT2D eigenvalue weighted by atomic mass is 16.7. The summed E-state index contributed by atoms with van der Waals surface area (Å²) >= 11 is 0. The SMILES string of the molecule is C1CCNC1.CC1=NOC(N2CCCC2=O)C1. The van der Waals surface area contributed by atoms with Crippen LogP contribution in [0.1, 0.15) is 39.0 Å². The first kappa shape index (κ1) is 12.4. The smallest absolute Gasteiger partial charge is 0.225 e. The summed E-state index contributed by atoms with van der Waals surface area (Å²) in [6.07, 6.45) is 5.06. The van der Waals surface area contributed by atoms with Gasteiger partial charge in [0.25, 0.3) is 0 Å². The Labute approximate surface area is 102 Å². The summed E-state index contributed by atoms with van der Waals surface area (Å²) in [5.41, 5.74) is 0.972. The van der Waals surface area contributed by atoms with Crippen LogP contribution in [0, 0.1) is 0 Å². The maximum Gasteiger partial charge on any atom is 0.225 e. The molecule has 3 aliphatic rings. The van der Waals surface area contributed by atoms with Crippen molar-refractivity contribution in [2.24, 2.45) is 5.16 Å². The molecule has 17 heavy (non-hydrogen) atoms. The van der Waals surface area contributed by atoms with Gasteiger partial charge in [-0.05, 0) is 39.3 Å². The van der Waals surface area contributed by atoms with E-state index in [0.717, 1.165) is 25.1 Å². The Balaban J connectivity index is 0.000000181. The number of carbonyl (C=O) groups is 1. The van der Waals surface area contributed by atoms with Gasteiger partial charge < -0.3 is 15.1 Å². The second-order valence-electron chi connectivity index (χ2n) is 4.74. The predicted octanol–water partition coefficient (Wildman–Crippen LogP) is 1.10. The van der Waals surface area contributed by atoms with E-state index in [1.54, 1.807) is 4.90 Å². The Hall–Kier alpha value is -1.10. The van der Waals surface area contributed by atoms with Crippen LogP contribution in [0.4, 0.5) is 0 Å². The molecule has 2 fully saturated rings. The molecule has 1 unspecified atom stereocenters. The minimum absolute atomic E-state index is 0.111. The van der Waals surface area contributed by atoms with Crippen LogP contribution in [-0.2, 0) is 9.63 Å². The van der Waals surface area contributed by atoms with Crippen molar-refractivity contribution in [1.29, 1.82) is 0 Å². The van der Waals surface area contributed by atoms with Crippen molar-refractivity contribution in [3.63, 3.8) is 0 Å². The summed E-state index contributed by atoms with van der Waals surface area (Å²) in [4.78, 5) is 18.2. The van der Waals surface area contributed by atoms with E-state index in [4.69, 9.17) is 4.84 Å². The monoisotopic (exact) mass is 239 g/mol. The highest BCUT2D eigenvalue weighted by molar-refractivity contribution is 5.84. The van der Waals surface area contributed by atoms with E-state index in [2.05, 4.69) is 10.5 Å². The zero-order valence-electron chi connectivity index (χ0n) is 10.4. The fraction of sp³-hybridized carbons (Fsp3) is 0.833. The topological polar surface area (TPSA) is 53.9 Å². The van der Waals surface area contributed by atoms with Crippen LogP contribution in [0.2, 0.25) is 0 Å². The highest BCUT2D eigenvalue weighted by Crippen LogP contribution is 2.20. The van der Waals surface area contributed by atoms with E-state index >= 15 is 0 Å². The average Bonchev–Trinajstić information content (AvgIpc) is 3.00. The maximum atomic E-state index is 11.3. The van der Waals surface area contributed by atoms with E-state index in [9.17, 15) is 4.79 Å². The predicted molar refractivity (Wildman–Crippen MR) is 65.6 cm³/mol. The summed E-state index contributed by atoms with van der Waals surface area (Å²) < 4.78 is 0. The first-order valence-electron chi connectivity index (χ1n) is 6.47. The summed E-state index contributed by atoms with van der Waals surface area (Å²) in [7, 11) is 0. The summed E-state index contributed by atoms with van der Waals surface area (Å²) in [6, 6.07) is 0. The fourth-order valence-corrected chi connectivity index (χ4v) is 2.24. The van der Waals surface area contributed by atoms with E-state index in [1.807, 2.05) is 6.92 Å². The van der Waals surface area contributed by atoms with Crippen LogP contribution in [-0.4, -0.2) is 42.4 Å². The molecule has 0 aromatic heterocycles. The highest BCUT2D eigenvalue weighted by Gasteiger charge is 2.32. The Kier molecular flexibility index (Phi) is 4.36. The first-order chi connectivity index (χ1) is 8.27. The summed E-state index contributed by atoms with van der Waals surface area (Å²) in [5.74, 6) is 0.199. The number of nitrogens with one attached hydrogen (secondary N) is 1. The van der Waals surface area contributed by atoms with Gasteiger partial charge in [0.15, 0.2) is 0 Å². The number of hydrogen-bond donors (Lipinski definition) is 1. The van der Waals surface area contributed by atoms with Crippen molar-refractivity contribution in [2.75, 3.05) is 19.6 Å². The second kappa shape index (κ2) is 6.00. The molecule has 0 spiro atoms. The van der Waals surface area contributed by atoms with Gasteiger partial charge >= 0.3 is 0 Å². The number of rotatable bonds is 1. The van der Waals surface area contributed by atoms with Gasteiger partial charge in [0.1, 0.15) is 0 Å². The summed E-state index contributed by atoms with van der Waals surface area (Å²) in [5, 5.41) is 7.04. The lowest BCUT2D eigenvalue weighted by Crippen LogP contribution is -2.36. The number of nitrogens with zero attached hydrogens (tertiary/aromatic N) is 2. The Morgan fingerprint density at radius 1 is 1.35 bits per heavy atom. The molecule has 3 heterocycles. The van der Waals surface area contributed by atoms with Gasteiger partial charge in [-0.2, -0.15) is 0 Å². The maximum absolute atomic E-state index is 11.3. The molecule has 1 N–H and O–H groups in total. The van der Waals surface area contributed by atoms with Crippen LogP contribution in [0.15, 0.2) is 5.16 Å². The Morgan fingerprint density at radius 3 is 2.53 bits per heavy atom. The lowest BCUT2D eigenvalue weighted by molar-refractivity contribution is -0.138. The molecule has 0 saturated carbocycles. The van der Waals surface area contributed by atoms with Crippen molar-refractivity contribution >= 4 is 11.6 Å². The van der Waals surface area contributed by atoms with Gasteiger partial charge in [-0.25, -0.2) is 0 Å². The standard InChI is InChI=1S/C8H12N2O2.C4H9N/c1-6-5-8(12-9-6)10-4-2-3-7(10)11;1-2-4-5-3-1/h8H,2-5H2,1H3;5H,1-4H2. The van der Waals surface area contributed by atoms with Crippen molar-refractivity contribution in [1.82, 2.24) is 10.2 Å². The number of hydrogen-bond acceptors (Lipinski definition) is 4. The molecular weight excluding hydrogens is 218 g/mol. The third-order valence-corrected chi connectivity index (χ3v) is 3.21. The van der Waals surface area contributed by atoms with E-state index in [-0.39, 0.29) is 12.1 Å². The molecule has 3 aliphatic heterocycles. The Bertz CT molecular complexity index is 293. The molecule has 0 bridgehead atoms. The molecule has 0 aliphatic carbocycles. The molecular formula is C12H21N3O2. The zero-order valence-corrected chi connectivity index (χ0v) is 10.4. The zero-order chi connectivity index (χ0) is 12.1. The molecule has 96 valence electrons. The van der Waals surface area contributed by atoms with Crippen LogP contribution < -0.4 is 5.32 Å². The van der Waals surface area contributed by atoms with Gasteiger partial charge in [-0.15, -0.1) is 0 Å². The summed E-state index contributed by atoms with van der Waals surface area (Å²) in [6.45, 7) is 5.24. The van der Waals surface area contributed by atoms with E-state index < -0.39 is 0 Å². The number of carbonyl (C=O) groups excluding carboxylic acids is 1. The largest absolute Gasteiger partial charge is 0.370 e. The second-order valence-corrected chi connectivity index (χ2v) is 4.74. The van der Waals surface area contributed by atoms with Crippen molar-refractivity contribution < 1.29 is 9.63 Å². The molecule has 1 amide bonds. The van der Waals surface area contributed by atoms with Gasteiger partial charge in [0.2, 0.25) is 12.1 Å². The fourth-order valence-electron chi connectivity index (χ4n) is 2.24. The van der Waals surface area contributed by atoms with Crippen molar-refractivity contribution in [3.8, 4) is 0 Å². The molecule has 0 aromatic carbocycles. The van der Waals surface area contributed by atoms with Gasteiger partial charge in [0, 0.05) is 19.4 Å². The van der Waals surface area contributed by atoms with Gasteiger partial charge in [0.05, 0.1) is 5.71 Å².